The van der Waals surface area contributed by atoms with Crippen molar-refractivity contribution < 1.29 is 9.00 Å². The molecule has 0 radical (unpaired) electrons. The van der Waals surface area contributed by atoms with Gasteiger partial charge in [0.1, 0.15) is 0 Å². The highest BCUT2D eigenvalue weighted by Crippen LogP contribution is 2.25. The van der Waals surface area contributed by atoms with Crippen LogP contribution < -0.4 is 0 Å². The molecule has 1 aromatic rings. The molecule has 2 unspecified atom stereocenters. The molecule has 2 rings (SSSR count). The van der Waals surface area contributed by atoms with Gasteiger partial charge in [-0.05, 0) is 31.9 Å². The van der Waals surface area contributed by atoms with Crippen LogP contribution in [0.25, 0.3) is 0 Å². The monoisotopic (exact) mass is 298 g/mol. The van der Waals surface area contributed by atoms with Gasteiger partial charge < -0.3 is 0 Å². The third kappa shape index (κ3) is 3.67. The van der Waals surface area contributed by atoms with Crippen LogP contribution in [0.5, 0.6) is 0 Å². The van der Waals surface area contributed by atoms with Crippen LogP contribution in [0.1, 0.15) is 49.4 Å². The van der Waals surface area contributed by atoms with E-state index in [1.807, 2.05) is 0 Å². The number of carbonyl (C=O) groups excluding carboxylic acids is 1. The van der Waals surface area contributed by atoms with E-state index in [2.05, 4.69) is 0 Å². The fourth-order valence-corrected chi connectivity index (χ4v) is 4.48. The zero-order chi connectivity index (χ0) is 13.8. The van der Waals surface area contributed by atoms with Gasteiger partial charge in [0.25, 0.3) is 0 Å². The summed E-state index contributed by atoms with van der Waals surface area (Å²) in [6.45, 7) is 1.77. The molecule has 0 amide bonds. The third-order valence-corrected chi connectivity index (χ3v) is 5.98. The molecule has 0 bridgehead atoms. The van der Waals surface area contributed by atoms with Gasteiger partial charge in [0.15, 0.2) is 5.78 Å². The first-order valence-corrected chi connectivity index (χ1v) is 8.44. The first-order valence-electron chi connectivity index (χ1n) is 6.79. The smallest absolute Gasteiger partial charge is 0.178 e. The molecule has 1 aliphatic rings. The minimum Gasteiger partial charge on any atom is -0.293 e. The maximum absolute atomic E-state index is 12.5. The minimum absolute atomic E-state index is 0.0635. The predicted octanol–water partition coefficient (Wildman–Crippen LogP) is 3.99. The van der Waals surface area contributed by atoms with Crippen LogP contribution in [0.3, 0.4) is 0 Å². The lowest BCUT2D eigenvalue weighted by molar-refractivity contribution is 0.0992. The van der Waals surface area contributed by atoms with Gasteiger partial charge in [-0.3, -0.25) is 9.00 Å². The Morgan fingerprint density at radius 2 is 2.00 bits per heavy atom. The average Bonchev–Trinajstić information content (AvgIpc) is 2.46. The van der Waals surface area contributed by atoms with Crippen LogP contribution in [0.4, 0.5) is 0 Å². The summed E-state index contributed by atoms with van der Waals surface area (Å²) in [5, 5.41) is 0.287. The highest BCUT2D eigenvalue weighted by atomic mass is 35.5. The lowest BCUT2D eigenvalue weighted by Gasteiger charge is -2.23. The van der Waals surface area contributed by atoms with Gasteiger partial charge in [0.05, 0.1) is 5.25 Å². The minimum atomic E-state index is -1.08. The molecule has 4 heteroatoms. The second-order valence-corrected chi connectivity index (χ2v) is 7.57. The van der Waals surface area contributed by atoms with Crippen LogP contribution in [0.15, 0.2) is 24.3 Å². The molecule has 1 saturated carbocycles. The normalized spacial score (nSPS) is 19.9. The molecule has 0 heterocycles. The zero-order valence-corrected chi connectivity index (χ0v) is 12.7. The number of carbonyl (C=O) groups is 1. The van der Waals surface area contributed by atoms with E-state index in [1.54, 1.807) is 31.2 Å². The summed E-state index contributed by atoms with van der Waals surface area (Å²) in [7, 11) is -1.08. The zero-order valence-electron chi connectivity index (χ0n) is 11.1. The van der Waals surface area contributed by atoms with E-state index < -0.39 is 16.0 Å². The average molecular weight is 299 g/mol. The van der Waals surface area contributed by atoms with Gasteiger partial charge in [0.2, 0.25) is 0 Å². The van der Waals surface area contributed by atoms with Crippen molar-refractivity contribution >= 4 is 28.2 Å². The number of ketones is 1. The van der Waals surface area contributed by atoms with Gasteiger partial charge in [-0.15, -0.1) is 0 Å². The molecule has 1 aromatic carbocycles. The summed E-state index contributed by atoms with van der Waals surface area (Å²) in [5.41, 5.74) is 0.559. The summed E-state index contributed by atoms with van der Waals surface area (Å²) in [5.74, 6) is -0.0635. The molecule has 1 fully saturated rings. The maximum atomic E-state index is 12.5. The lowest BCUT2D eigenvalue weighted by atomic mass is 10.0. The SMILES string of the molecule is CC(C(=O)c1cccc(Cl)c1)S(=O)C1CCCCC1. The maximum Gasteiger partial charge on any atom is 0.178 e. The molecule has 104 valence electrons. The largest absolute Gasteiger partial charge is 0.293 e. The van der Waals surface area contributed by atoms with Crippen LogP contribution in [0.2, 0.25) is 5.02 Å². The van der Waals surface area contributed by atoms with E-state index >= 15 is 0 Å². The molecule has 0 N–H and O–H groups in total. The van der Waals surface area contributed by atoms with Gasteiger partial charge in [-0.1, -0.05) is 43.0 Å². The van der Waals surface area contributed by atoms with Gasteiger partial charge in [-0.25, -0.2) is 0 Å². The quantitative estimate of drug-likeness (QED) is 0.788. The molecule has 0 spiro atoms. The first kappa shape index (κ1) is 14.7. The lowest BCUT2D eigenvalue weighted by Crippen LogP contribution is -2.31. The van der Waals surface area contributed by atoms with Crippen LogP contribution >= 0.6 is 11.6 Å². The van der Waals surface area contributed by atoms with Crippen LogP contribution in [-0.4, -0.2) is 20.5 Å². The Bertz CT molecular complexity index is 481. The van der Waals surface area contributed by atoms with Crippen molar-refractivity contribution in [2.45, 2.75) is 49.5 Å². The second kappa shape index (κ2) is 6.67. The van der Waals surface area contributed by atoms with Crippen molar-refractivity contribution in [1.82, 2.24) is 0 Å². The van der Waals surface area contributed by atoms with E-state index in [9.17, 15) is 9.00 Å². The standard InChI is InChI=1S/C15H19ClO2S/c1-11(19(18)14-8-3-2-4-9-14)15(17)12-6-5-7-13(16)10-12/h5-7,10-11,14H,2-4,8-9H2,1H3. The van der Waals surface area contributed by atoms with Crippen molar-refractivity contribution in [3.8, 4) is 0 Å². The van der Waals surface area contributed by atoms with E-state index in [4.69, 9.17) is 11.6 Å². The molecular weight excluding hydrogens is 280 g/mol. The number of benzene rings is 1. The van der Waals surface area contributed by atoms with Gasteiger partial charge in [0, 0.05) is 26.6 Å². The molecule has 2 atom stereocenters. The number of hydrogen-bond donors (Lipinski definition) is 0. The molecular formula is C15H19ClO2S. The van der Waals surface area contributed by atoms with Crippen molar-refractivity contribution in [2.24, 2.45) is 0 Å². The Balaban J connectivity index is 2.08. The Kier molecular flexibility index (Phi) is 5.17. The topological polar surface area (TPSA) is 34.1 Å². The highest BCUT2D eigenvalue weighted by Gasteiger charge is 2.28. The highest BCUT2D eigenvalue weighted by molar-refractivity contribution is 7.87. The Hall–Kier alpha value is -0.670. The van der Waals surface area contributed by atoms with E-state index in [0.717, 1.165) is 25.7 Å². The van der Waals surface area contributed by atoms with Crippen LogP contribution in [-0.2, 0) is 10.8 Å². The van der Waals surface area contributed by atoms with Crippen LogP contribution in [0, 0.1) is 0 Å². The number of rotatable bonds is 4. The Labute approximate surface area is 122 Å². The van der Waals surface area contributed by atoms with Crippen molar-refractivity contribution in [2.75, 3.05) is 0 Å². The van der Waals surface area contributed by atoms with Gasteiger partial charge in [-0.2, -0.15) is 0 Å². The Morgan fingerprint density at radius 1 is 1.32 bits per heavy atom. The number of Topliss-reactive ketones (excluding diaryl/α,β-unsaturated/α-hetero) is 1. The summed E-state index contributed by atoms with van der Waals surface area (Å²) in [6.07, 6.45) is 5.47. The van der Waals surface area contributed by atoms with Crippen molar-refractivity contribution in [3.63, 3.8) is 0 Å². The Morgan fingerprint density at radius 3 is 2.63 bits per heavy atom. The summed E-state index contributed by atoms with van der Waals surface area (Å²) >= 11 is 5.89. The molecule has 1 aliphatic carbocycles. The second-order valence-electron chi connectivity index (χ2n) is 5.11. The predicted molar refractivity (Wildman–Crippen MR) is 80.3 cm³/mol. The molecule has 0 aromatic heterocycles. The first-order chi connectivity index (χ1) is 9.09. The van der Waals surface area contributed by atoms with Crippen molar-refractivity contribution in [1.29, 1.82) is 0 Å². The molecule has 2 nitrogen and oxygen atoms in total. The fourth-order valence-electron chi connectivity index (χ4n) is 2.57. The number of hydrogen-bond acceptors (Lipinski definition) is 2. The summed E-state index contributed by atoms with van der Waals surface area (Å²) < 4.78 is 12.5. The van der Waals surface area contributed by atoms with E-state index in [1.165, 1.54) is 6.42 Å². The fraction of sp³-hybridized carbons (Fsp3) is 0.533. The third-order valence-electron chi connectivity index (χ3n) is 3.71. The summed E-state index contributed by atoms with van der Waals surface area (Å²) in [6, 6.07) is 6.88. The van der Waals surface area contributed by atoms with E-state index in [-0.39, 0.29) is 11.0 Å². The van der Waals surface area contributed by atoms with Crippen molar-refractivity contribution in [3.05, 3.63) is 34.9 Å². The van der Waals surface area contributed by atoms with E-state index in [0.29, 0.717) is 10.6 Å². The molecule has 19 heavy (non-hydrogen) atoms. The molecule has 0 saturated heterocycles. The number of halogens is 1. The summed E-state index contributed by atoms with van der Waals surface area (Å²) in [4.78, 5) is 12.3. The van der Waals surface area contributed by atoms with Gasteiger partial charge >= 0.3 is 0 Å². The molecule has 0 aliphatic heterocycles.